The Morgan fingerprint density at radius 1 is 0.857 bits per heavy atom. The third-order valence-electron chi connectivity index (χ3n) is 2.36. The second-order valence-electron chi connectivity index (χ2n) is 5.34. The largest absolute Gasteiger partial charge is 0.780 e. The number of amides is 2. The molecular weight excluding hydrogens is 356 g/mol. The van der Waals surface area contributed by atoms with Crippen LogP contribution in [0.2, 0.25) is 0 Å². The van der Waals surface area contributed by atoms with Crippen LogP contribution >= 0.6 is 0 Å². The van der Waals surface area contributed by atoms with Crippen LogP contribution in [0.4, 0.5) is 11.4 Å². The molecule has 1 radical (unpaired) electrons. The first-order valence-corrected chi connectivity index (χ1v) is 6.85. The van der Waals surface area contributed by atoms with Crippen LogP contribution in [0.3, 0.4) is 0 Å². The fourth-order valence-electron chi connectivity index (χ4n) is 1.14. The molecule has 7 heteroatoms. The van der Waals surface area contributed by atoms with Crippen LogP contribution in [0.1, 0.15) is 27.7 Å². The number of carbonyl (C=O) groups excluding carboxylic acids is 2. The van der Waals surface area contributed by atoms with E-state index in [-0.39, 0.29) is 17.1 Å². The van der Waals surface area contributed by atoms with Crippen molar-refractivity contribution >= 4 is 48.4 Å². The normalized spacial score (nSPS) is 11.3. The maximum atomic E-state index is 11.9. The van der Waals surface area contributed by atoms with Crippen LogP contribution in [-0.2, 0) is 51.9 Å². The van der Waals surface area contributed by atoms with Gasteiger partial charge in [0, 0.05) is 28.9 Å². The Kier molecular flexibility index (Phi) is 7.36. The van der Waals surface area contributed by atoms with E-state index in [1.807, 2.05) is 0 Å². The molecule has 0 aliphatic carbocycles. The number of nitrogens with zero attached hydrogens (tertiary/aromatic N) is 2. The molecule has 2 amide bonds. The van der Waals surface area contributed by atoms with Gasteiger partial charge in [0.05, 0.1) is 0 Å². The molecular formula is C14H16CuN2O2S2-4. The Morgan fingerprint density at radius 2 is 1.14 bits per heavy atom. The van der Waals surface area contributed by atoms with Gasteiger partial charge in [-0.2, -0.15) is 0 Å². The number of rotatable bonds is 4. The van der Waals surface area contributed by atoms with Gasteiger partial charge in [0.25, 0.3) is 0 Å². The molecule has 1 aromatic rings. The zero-order valence-electron chi connectivity index (χ0n) is 12.1. The molecule has 1 aromatic carbocycles. The van der Waals surface area contributed by atoms with Gasteiger partial charge in [0.1, 0.15) is 0 Å². The van der Waals surface area contributed by atoms with Gasteiger partial charge in [-0.25, -0.2) is 0 Å². The summed E-state index contributed by atoms with van der Waals surface area (Å²) in [5.41, 5.74) is 0.644. The van der Waals surface area contributed by atoms with Gasteiger partial charge < -0.3 is 45.5 Å². The molecule has 0 aliphatic rings. The second-order valence-corrected chi connectivity index (χ2v) is 7.38. The maximum absolute atomic E-state index is 11.9. The molecule has 0 atom stereocenters. The summed E-state index contributed by atoms with van der Waals surface area (Å²) < 4.78 is -1.98. The molecule has 21 heavy (non-hydrogen) atoms. The van der Waals surface area contributed by atoms with Crippen molar-refractivity contribution in [3.63, 3.8) is 0 Å². The Balaban J connectivity index is 0.00000400. The van der Waals surface area contributed by atoms with Crippen LogP contribution in [0, 0.1) is 0 Å². The molecule has 0 N–H and O–H groups in total. The van der Waals surface area contributed by atoms with Gasteiger partial charge in [-0.15, -0.1) is 20.9 Å². The summed E-state index contributed by atoms with van der Waals surface area (Å²) in [6.45, 7) is 6.41. The third-order valence-corrected chi connectivity index (χ3v) is 2.71. The number of hydrogen-bond donors (Lipinski definition) is 0. The summed E-state index contributed by atoms with van der Waals surface area (Å²) in [5.74, 6) is -0.888. The van der Waals surface area contributed by atoms with E-state index in [1.54, 1.807) is 52.0 Å². The van der Waals surface area contributed by atoms with Gasteiger partial charge in [0.2, 0.25) is 0 Å². The Labute approximate surface area is 147 Å². The minimum absolute atomic E-state index is 0. The van der Waals surface area contributed by atoms with Crippen LogP contribution in [0.25, 0.3) is 10.6 Å². The van der Waals surface area contributed by atoms with Crippen molar-refractivity contribution in [2.45, 2.75) is 37.2 Å². The maximum Gasteiger partial charge on any atom is 0.0359 e. The Hall–Kier alpha value is -0.621. The molecule has 1 rings (SSSR count). The smallest absolute Gasteiger partial charge is 0.0359 e. The van der Waals surface area contributed by atoms with Crippen LogP contribution < -0.4 is 0 Å². The van der Waals surface area contributed by atoms with Crippen molar-refractivity contribution in [3.8, 4) is 0 Å². The van der Waals surface area contributed by atoms with E-state index in [1.165, 1.54) is 0 Å². The fourth-order valence-corrected chi connectivity index (χ4v) is 1.23. The number of hydrogen-bond acceptors (Lipinski definition) is 4. The molecule has 0 aliphatic heterocycles. The molecule has 0 heterocycles. The average molecular weight is 372 g/mol. The molecule has 0 aromatic heterocycles. The van der Waals surface area contributed by atoms with Crippen molar-refractivity contribution in [2.75, 3.05) is 0 Å². The van der Waals surface area contributed by atoms with E-state index in [4.69, 9.17) is 25.3 Å². The molecule has 0 saturated carbocycles. The zero-order valence-corrected chi connectivity index (χ0v) is 14.7. The fraction of sp³-hybridized carbons (Fsp3) is 0.429. The zero-order chi connectivity index (χ0) is 15.6. The van der Waals surface area contributed by atoms with Crippen LogP contribution in [-0.4, -0.2) is 21.3 Å². The standard InChI is InChI=1S/C14H20N2O2S2.Cu/c1-13(2,19)11(17)15-9-7-5-6-8-10(9)16-12(18)14(3,4)20;/h5-8H,1-4H3,(H4,15,16,17,18,19,20);/p-4. The molecule has 4 nitrogen and oxygen atoms in total. The topological polar surface area (TPSA) is 62.3 Å². The Morgan fingerprint density at radius 3 is 1.38 bits per heavy atom. The van der Waals surface area contributed by atoms with Crippen LogP contribution in [0.15, 0.2) is 24.3 Å². The SMILES string of the molecule is CC(C)([S-])C(=O)[N-]c1ccccc1[N-]C(=O)C(C)(C)[S-].[Cu]. The summed E-state index contributed by atoms with van der Waals surface area (Å²) in [5, 5.41) is 7.88. The van der Waals surface area contributed by atoms with Gasteiger partial charge in [0.15, 0.2) is 0 Å². The van der Waals surface area contributed by atoms with Crippen LogP contribution in [0.5, 0.6) is 0 Å². The van der Waals surface area contributed by atoms with E-state index in [0.717, 1.165) is 0 Å². The molecule has 121 valence electrons. The molecule has 0 unspecified atom stereocenters. The van der Waals surface area contributed by atoms with Crippen molar-refractivity contribution in [1.29, 1.82) is 0 Å². The van der Waals surface area contributed by atoms with Crippen molar-refractivity contribution in [2.24, 2.45) is 0 Å². The summed E-state index contributed by atoms with van der Waals surface area (Å²) in [7, 11) is 0. The van der Waals surface area contributed by atoms with Crippen molar-refractivity contribution < 1.29 is 26.7 Å². The monoisotopic (exact) mass is 371 g/mol. The summed E-state index contributed by atoms with van der Waals surface area (Å²) in [4.78, 5) is 23.7. The van der Waals surface area contributed by atoms with Gasteiger partial charge in [-0.1, -0.05) is 52.0 Å². The van der Waals surface area contributed by atoms with E-state index >= 15 is 0 Å². The summed E-state index contributed by atoms with van der Waals surface area (Å²) >= 11 is 10.1. The molecule has 0 saturated heterocycles. The first-order valence-electron chi connectivity index (χ1n) is 6.04. The van der Waals surface area contributed by atoms with Gasteiger partial charge in [-0.05, 0) is 0 Å². The van der Waals surface area contributed by atoms with E-state index < -0.39 is 21.3 Å². The van der Waals surface area contributed by atoms with Gasteiger partial charge in [-0.3, -0.25) is 0 Å². The second kappa shape index (κ2) is 7.58. The number of benzene rings is 1. The minimum Gasteiger partial charge on any atom is -0.780 e. The van der Waals surface area contributed by atoms with E-state index in [9.17, 15) is 9.59 Å². The van der Waals surface area contributed by atoms with Crippen molar-refractivity contribution in [1.82, 2.24) is 0 Å². The summed E-state index contributed by atoms with van der Waals surface area (Å²) in [6.07, 6.45) is 0. The van der Waals surface area contributed by atoms with Crippen molar-refractivity contribution in [3.05, 3.63) is 34.9 Å². The molecule has 0 spiro atoms. The number of carbonyl (C=O) groups is 2. The van der Waals surface area contributed by atoms with E-state index in [2.05, 4.69) is 10.6 Å². The third kappa shape index (κ3) is 6.34. The predicted molar refractivity (Wildman–Crippen MR) is 85.4 cm³/mol. The first kappa shape index (κ1) is 20.4. The predicted octanol–water partition coefficient (Wildman–Crippen LogP) is 3.40. The quantitative estimate of drug-likeness (QED) is 0.601. The van der Waals surface area contributed by atoms with Gasteiger partial charge >= 0.3 is 0 Å². The Bertz CT molecular complexity index is 475. The average Bonchev–Trinajstić information content (AvgIpc) is 2.29. The molecule has 0 bridgehead atoms. The first-order chi connectivity index (χ1) is 9.01. The van der Waals surface area contributed by atoms with E-state index in [0.29, 0.717) is 11.4 Å². The molecule has 0 fully saturated rings. The number of para-hydroxylation sites is 2. The summed E-state index contributed by atoms with van der Waals surface area (Å²) in [6, 6.07) is 6.65. The minimum atomic E-state index is -0.992.